The highest BCUT2D eigenvalue weighted by Crippen LogP contribution is 2.24. The number of Topliss-reactive ketones (excluding diaryl/α,β-unsaturated/α-hetero) is 1. The second-order valence-electron chi connectivity index (χ2n) is 9.95. The lowest BCUT2D eigenvalue weighted by molar-refractivity contribution is 0.0650. The van der Waals surface area contributed by atoms with Crippen LogP contribution in [0.5, 0.6) is 11.6 Å². The number of piperidine rings is 1. The predicted molar refractivity (Wildman–Crippen MR) is 156 cm³/mol. The van der Waals surface area contributed by atoms with E-state index >= 15 is 0 Å². The van der Waals surface area contributed by atoms with Crippen LogP contribution >= 0.6 is 0 Å². The molecule has 12 heteroatoms. The summed E-state index contributed by atoms with van der Waals surface area (Å²) in [5.74, 6) is -0.718. The quantitative estimate of drug-likeness (QED) is 0.211. The second-order valence-corrected chi connectivity index (χ2v) is 10.9. The van der Waals surface area contributed by atoms with Gasteiger partial charge >= 0.3 is 0 Å². The molecule has 1 saturated heterocycles. The molecule has 3 heterocycles. The minimum absolute atomic E-state index is 0.0209. The molecule has 220 valence electrons. The molecule has 2 aromatic carbocycles. The summed E-state index contributed by atoms with van der Waals surface area (Å²) >= 11 is 0. The van der Waals surface area contributed by atoms with Gasteiger partial charge in [-0.25, -0.2) is 17.8 Å². The minimum atomic E-state index is -2.53. The topological polar surface area (TPSA) is 136 Å². The van der Waals surface area contributed by atoms with Gasteiger partial charge in [0, 0.05) is 36.8 Å². The summed E-state index contributed by atoms with van der Waals surface area (Å²) in [6, 6.07) is 18.2. The van der Waals surface area contributed by atoms with E-state index in [1.54, 1.807) is 41.3 Å². The molecule has 0 spiro atoms. The molecule has 0 radical (unpaired) electrons. The average molecular weight is 603 g/mol. The number of likely N-dealkylation sites (tertiary alicyclic amines) is 1. The molecule has 1 aliphatic rings. The summed E-state index contributed by atoms with van der Waals surface area (Å²) in [6.07, 6.45) is 3.78. The van der Waals surface area contributed by atoms with Gasteiger partial charge in [-0.15, -0.1) is 0 Å². The van der Waals surface area contributed by atoms with Crippen molar-refractivity contribution in [2.24, 2.45) is 5.92 Å². The highest BCUT2D eigenvalue weighted by molar-refractivity contribution is 7.71. The first kappa shape index (κ1) is 29.5. The fourth-order valence-electron chi connectivity index (χ4n) is 4.67. The van der Waals surface area contributed by atoms with Crippen molar-refractivity contribution in [1.82, 2.24) is 14.9 Å². The molecule has 10 nitrogen and oxygen atoms in total. The Bertz CT molecular complexity index is 1680. The number of anilines is 1. The van der Waals surface area contributed by atoms with Crippen molar-refractivity contribution in [3.05, 3.63) is 113 Å². The first-order valence-corrected chi connectivity index (χ1v) is 14.8. The number of ketones is 1. The zero-order chi connectivity index (χ0) is 30.3. The van der Waals surface area contributed by atoms with E-state index in [0.29, 0.717) is 54.1 Å². The number of aromatic nitrogens is 2. The third kappa shape index (κ3) is 7.66. The van der Waals surface area contributed by atoms with E-state index in [-0.39, 0.29) is 40.8 Å². The highest BCUT2D eigenvalue weighted by atomic mass is 32.2. The van der Waals surface area contributed by atoms with E-state index in [1.807, 2.05) is 0 Å². The Morgan fingerprint density at radius 1 is 0.860 bits per heavy atom. The molecule has 2 aromatic heterocycles. The van der Waals surface area contributed by atoms with Crippen LogP contribution in [0.25, 0.3) is 0 Å². The van der Waals surface area contributed by atoms with Crippen LogP contribution in [-0.2, 0) is 16.5 Å². The van der Waals surface area contributed by atoms with Crippen LogP contribution in [0.2, 0.25) is 0 Å². The molecule has 1 aliphatic heterocycles. The molecule has 5 rings (SSSR count). The zero-order valence-electron chi connectivity index (χ0n) is 22.8. The standard InChI is InChI=1S/C31H27FN4O6S/c32-24-6-9-26(10-7-24)42-28-12-8-25(18-34-28)35-30(38)27-11-5-23(17-33-27)31(39)36-15-13-22(14-16-36)29(37)21-3-1-20(2-4-21)19-43(40)41/h1-12,17-18,22,43H,13-16,19H2,(H,35,38). The molecule has 1 fully saturated rings. The molecule has 43 heavy (non-hydrogen) atoms. The lowest BCUT2D eigenvalue weighted by atomic mass is 9.88. The summed E-state index contributed by atoms with van der Waals surface area (Å²) in [4.78, 5) is 48.6. The maximum atomic E-state index is 13.0. The van der Waals surface area contributed by atoms with Crippen molar-refractivity contribution in [1.29, 1.82) is 0 Å². The van der Waals surface area contributed by atoms with Gasteiger partial charge in [0.05, 0.1) is 23.2 Å². The van der Waals surface area contributed by atoms with Crippen LogP contribution in [0.4, 0.5) is 10.1 Å². The van der Waals surface area contributed by atoms with Crippen molar-refractivity contribution >= 4 is 34.0 Å². The van der Waals surface area contributed by atoms with Gasteiger partial charge < -0.3 is 15.0 Å². The summed E-state index contributed by atoms with van der Waals surface area (Å²) in [5, 5.41) is 2.69. The Morgan fingerprint density at radius 2 is 1.56 bits per heavy atom. The number of carbonyl (C=O) groups is 3. The molecule has 0 saturated carbocycles. The van der Waals surface area contributed by atoms with E-state index in [4.69, 9.17) is 4.74 Å². The van der Waals surface area contributed by atoms with E-state index in [0.717, 1.165) is 0 Å². The van der Waals surface area contributed by atoms with E-state index < -0.39 is 16.6 Å². The molecule has 0 aliphatic carbocycles. The zero-order valence-corrected chi connectivity index (χ0v) is 23.7. The Balaban J connectivity index is 1.11. The Kier molecular flexibility index (Phi) is 9.16. The molecular formula is C31H27FN4O6S. The van der Waals surface area contributed by atoms with Crippen LogP contribution in [0.15, 0.2) is 85.2 Å². The predicted octanol–water partition coefficient (Wildman–Crippen LogP) is 4.51. The van der Waals surface area contributed by atoms with Gasteiger partial charge in [-0.3, -0.25) is 19.4 Å². The van der Waals surface area contributed by atoms with E-state index in [9.17, 15) is 27.2 Å². The van der Waals surface area contributed by atoms with Crippen molar-refractivity contribution in [2.75, 3.05) is 18.4 Å². The van der Waals surface area contributed by atoms with Crippen molar-refractivity contribution in [2.45, 2.75) is 18.6 Å². The maximum Gasteiger partial charge on any atom is 0.274 e. The molecular weight excluding hydrogens is 575 g/mol. The molecule has 0 unspecified atom stereocenters. The van der Waals surface area contributed by atoms with Gasteiger partial charge in [0.2, 0.25) is 5.88 Å². The van der Waals surface area contributed by atoms with E-state index in [1.165, 1.54) is 48.8 Å². The maximum absolute atomic E-state index is 13.0. The normalized spacial score (nSPS) is 13.5. The fourth-order valence-corrected chi connectivity index (χ4v) is 5.18. The Labute approximate surface area is 248 Å². The van der Waals surface area contributed by atoms with Gasteiger partial charge in [0.25, 0.3) is 11.8 Å². The van der Waals surface area contributed by atoms with Gasteiger partial charge in [0.1, 0.15) is 28.0 Å². The van der Waals surface area contributed by atoms with Crippen LogP contribution in [0, 0.1) is 11.7 Å². The molecule has 4 aromatic rings. The van der Waals surface area contributed by atoms with Gasteiger partial charge in [-0.05, 0) is 60.9 Å². The number of carbonyl (C=O) groups excluding carboxylic acids is 3. The van der Waals surface area contributed by atoms with Crippen molar-refractivity contribution in [3.63, 3.8) is 0 Å². The van der Waals surface area contributed by atoms with Gasteiger partial charge in [-0.2, -0.15) is 0 Å². The smallest absolute Gasteiger partial charge is 0.274 e. The van der Waals surface area contributed by atoms with Crippen LogP contribution in [-0.4, -0.2) is 54.0 Å². The molecule has 0 bridgehead atoms. The van der Waals surface area contributed by atoms with Crippen LogP contribution in [0.3, 0.4) is 0 Å². The van der Waals surface area contributed by atoms with Gasteiger partial charge in [-0.1, -0.05) is 24.3 Å². The highest BCUT2D eigenvalue weighted by Gasteiger charge is 2.28. The number of hydrogen-bond acceptors (Lipinski definition) is 8. The van der Waals surface area contributed by atoms with Crippen LogP contribution in [0.1, 0.15) is 49.6 Å². The van der Waals surface area contributed by atoms with Gasteiger partial charge in [0.15, 0.2) is 5.78 Å². The van der Waals surface area contributed by atoms with E-state index in [2.05, 4.69) is 15.3 Å². The number of nitrogens with zero attached hydrogens (tertiary/aromatic N) is 3. The SMILES string of the molecule is O=C(Nc1ccc(Oc2ccc(F)cc2)nc1)c1ccc(C(=O)N2CCC(C(=O)c3ccc(C[SH](=O)=O)cc3)CC2)cn1. The molecule has 2 amide bonds. The number of rotatable bonds is 9. The first-order chi connectivity index (χ1) is 20.7. The third-order valence-electron chi connectivity index (χ3n) is 6.98. The minimum Gasteiger partial charge on any atom is -0.439 e. The summed E-state index contributed by atoms with van der Waals surface area (Å²) < 4.78 is 40.4. The Hall–Kier alpha value is -4.97. The molecule has 1 N–H and O–H groups in total. The number of hydrogen-bond donors (Lipinski definition) is 2. The largest absolute Gasteiger partial charge is 0.439 e. The summed E-state index contributed by atoms with van der Waals surface area (Å²) in [6.45, 7) is 0.806. The number of benzene rings is 2. The lowest BCUT2D eigenvalue weighted by Crippen LogP contribution is -2.40. The second kappa shape index (κ2) is 13.3. The van der Waals surface area contributed by atoms with Crippen LogP contribution < -0.4 is 10.1 Å². The number of thiol groups is 1. The summed E-state index contributed by atoms with van der Waals surface area (Å²) in [5.41, 5.74) is 2.01. The molecule has 0 atom stereocenters. The monoisotopic (exact) mass is 602 g/mol. The number of nitrogens with one attached hydrogen (secondary N) is 1. The summed E-state index contributed by atoms with van der Waals surface area (Å²) in [7, 11) is -2.53. The lowest BCUT2D eigenvalue weighted by Gasteiger charge is -2.31. The fraction of sp³-hybridized carbons (Fsp3) is 0.194. The number of halogens is 1. The van der Waals surface area contributed by atoms with Crippen molar-refractivity contribution < 1.29 is 31.9 Å². The first-order valence-electron chi connectivity index (χ1n) is 13.5. The Morgan fingerprint density at radius 3 is 2.16 bits per heavy atom. The average Bonchev–Trinajstić information content (AvgIpc) is 3.02. The third-order valence-corrected chi connectivity index (χ3v) is 7.60. The van der Waals surface area contributed by atoms with Crippen molar-refractivity contribution in [3.8, 4) is 11.6 Å². The number of amides is 2. The number of ether oxygens (including phenoxy) is 1. The number of pyridine rings is 2.